The topological polar surface area (TPSA) is 0 Å². The van der Waals surface area contributed by atoms with Gasteiger partial charge in [-0.15, -0.1) is 0 Å². The molecule has 0 aliphatic heterocycles. The third kappa shape index (κ3) is 9.63. The van der Waals surface area contributed by atoms with Gasteiger partial charge in [0.1, 0.15) is 0 Å². The van der Waals surface area contributed by atoms with Crippen LogP contribution in [0.1, 0.15) is 37.0 Å². The lowest BCUT2D eigenvalue weighted by Crippen LogP contribution is -1.78. The summed E-state index contributed by atoms with van der Waals surface area (Å²) in [7, 11) is 0. The van der Waals surface area contributed by atoms with Crippen molar-refractivity contribution in [2.75, 3.05) is 0 Å². The molecular formula is C24H30. The fourth-order valence-corrected chi connectivity index (χ4v) is 2.18. The van der Waals surface area contributed by atoms with E-state index in [9.17, 15) is 0 Å². The summed E-state index contributed by atoms with van der Waals surface area (Å²) in [5.74, 6) is 0. The molecule has 0 atom stereocenters. The van der Waals surface area contributed by atoms with E-state index in [-0.39, 0.29) is 0 Å². The van der Waals surface area contributed by atoms with Gasteiger partial charge in [-0.25, -0.2) is 0 Å². The van der Waals surface area contributed by atoms with Crippen LogP contribution in [0.3, 0.4) is 0 Å². The summed E-state index contributed by atoms with van der Waals surface area (Å²) in [6.45, 7) is 6.45. The molecule has 0 aromatic heterocycles. The molecule has 3 rings (SSSR count). The second-order valence-corrected chi connectivity index (χ2v) is 5.73. The molecule has 126 valence electrons. The third-order valence-corrected chi connectivity index (χ3v) is 3.57. The lowest BCUT2D eigenvalue weighted by molar-refractivity contribution is 0.922. The monoisotopic (exact) mass is 318 g/mol. The molecule has 3 aromatic rings. The molecule has 0 heteroatoms. The standard InChI is InChI=1S/C9H12.C8H10.C7H8/c1-2-6-9-7-4-3-5-8-9;1-2-8-6-4-3-5-7-8;1-7-5-3-2-4-6-7/h3-5,7-8H,2,6H2,1H3;3-7H,2H2,1H3;2-6H,1H3. The molecule has 0 heterocycles. The summed E-state index contributed by atoms with van der Waals surface area (Å²) in [5, 5.41) is 0. The third-order valence-electron chi connectivity index (χ3n) is 3.57. The van der Waals surface area contributed by atoms with Crippen molar-refractivity contribution in [3.8, 4) is 0 Å². The molecule has 0 bridgehead atoms. The quantitative estimate of drug-likeness (QED) is 0.493. The second kappa shape index (κ2) is 13.1. The molecule has 0 aliphatic carbocycles. The minimum absolute atomic E-state index is 1.14. The van der Waals surface area contributed by atoms with Gasteiger partial charge >= 0.3 is 0 Å². The zero-order chi connectivity index (χ0) is 17.5. The second-order valence-electron chi connectivity index (χ2n) is 5.73. The Bertz CT molecular complexity index is 612. The van der Waals surface area contributed by atoms with Gasteiger partial charge in [0.25, 0.3) is 0 Å². The minimum atomic E-state index is 1.14. The maximum Gasteiger partial charge on any atom is -0.0281 e. The zero-order valence-electron chi connectivity index (χ0n) is 15.3. The Morgan fingerprint density at radius 1 is 0.542 bits per heavy atom. The van der Waals surface area contributed by atoms with Crippen LogP contribution in [0, 0.1) is 6.92 Å². The fraction of sp³-hybridized carbons (Fsp3) is 0.250. The van der Waals surface area contributed by atoms with Crippen LogP contribution in [-0.2, 0) is 12.8 Å². The first-order valence-corrected chi connectivity index (χ1v) is 8.85. The summed E-state index contributed by atoms with van der Waals surface area (Å²) in [4.78, 5) is 0. The van der Waals surface area contributed by atoms with Crippen molar-refractivity contribution in [2.45, 2.75) is 40.0 Å². The first-order valence-electron chi connectivity index (χ1n) is 8.85. The molecule has 3 aromatic carbocycles. The van der Waals surface area contributed by atoms with Crippen molar-refractivity contribution in [3.05, 3.63) is 108 Å². The van der Waals surface area contributed by atoms with E-state index in [2.05, 4.69) is 87.5 Å². The normalized spacial score (nSPS) is 9.12. The minimum Gasteiger partial charge on any atom is -0.0651 e. The Labute approximate surface area is 148 Å². The van der Waals surface area contributed by atoms with Gasteiger partial charge < -0.3 is 0 Å². The predicted molar refractivity (Wildman–Crippen MR) is 107 cm³/mol. The SMILES string of the molecule is CCCc1ccccc1.CCc1ccccc1.Cc1ccccc1. The number of rotatable bonds is 3. The van der Waals surface area contributed by atoms with E-state index in [0.29, 0.717) is 0 Å². The summed E-state index contributed by atoms with van der Waals surface area (Å²) >= 11 is 0. The highest BCUT2D eigenvalue weighted by Gasteiger charge is 1.84. The zero-order valence-corrected chi connectivity index (χ0v) is 15.3. The molecule has 0 amide bonds. The highest BCUT2D eigenvalue weighted by atomic mass is 13.9. The van der Waals surface area contributed by atoms with Crippen LogP contribution in [0.5, 0.6) is 0 Å². The summed E-state index contributed by atoms with van der Waals surface area (Å²) < 4.78 is 0. The van der Waals surface area contributed by atoms with E-state index in [4.69, 9.17) is 0 Å². The van der Waals surface area contributed by atoms with Crippen LogP contribution in [-0.4, -0.2) is 0 Å². The highest BCUT2D eigenvalue weighted by Crippen LogP contribution is 2.00. The number of benzene rings is 3. The maximum absolute atomic E-state index is 2.20. The number of hydrogen-bond acceptors (Lipinski definition) is 0. The van der Waals surface area contributed by atoms with E-state index < -0.39 is 0 Å². The first-order chi connectivity index (χ1) is 11.8. The van der Waals surface area contributed by atoms with Gasteiger partial charge in [-0.3, -0.25) is 0 Å². The van der Waals surface area contributed by atoms with E-state index in [1.807, 2.05) is 24.3 Å². The first kappa shape index (κ1) is 19.7. The smallest absolute Gasteiger partial charge is 0.0281 e. The van der Waals surface area contributed by atoms with Gasteiger partial charge in [0.15, 0.2) is 0 Å². The molecule has 0 nitrogen and oxygen atoms in total. The van der Waals surface area contributed by atoms with Crippen LogP contribution in [0.15, 0.2) is 91.0 Å². The summed E-state index contributed by atoms with van der Waals surface area (Å²) in [5.41, 5.74) is 4.18. The fourth-order valence-electron chi connectivity index (χ4n) is 2.18. The highest BCUT2D eigenvalue weighted by molar-refractivity contribution is 5.15. The number of hydrogen-bond donors (Lipinski definition) is 0. The van der Waals surface area contributed by atoms with Crippen molar-refractivity contribution in [3.63, 3.8) is 0 Å². The van der Waals surface area contributed by atoms with Gasteiger partial charge in [0.05, 0.1) is 0 Å². The lowest BCUT2D eigenvalue weighted by atomic mass is 10.1. The Morgan fingerprint density at radius 3 is 1.25 bits per heavy atom. The van der Waals surface area contributed by atoms with Crippen LogP contribution in [0.4, 0.5) is 0 Å². The Balaban J connectivity index is 0.000000181. The molecule has 0 aliphatic rings. The molecule has 0 saturated carbocycles. The molecule has 0 N–H and O–H groups in total. The summed E-state index contributed by atoms with van der Waals surface area (Å²) in [6, 6.07) is 31.3. The molecule has 0 spiro atoms. The van der Waals surface area contributed by atoms with E-state index >= 15 is 0 Å². The lowest BCUT2D eigenvalue weighted by Gasteiger charge is -1.93. The average Bonchev–Trinajstić information content (AvgIpc) is 2.65. The van der Waals surface area contributed by atoms with Crippen molar-refractivity contribution < 1.29 is 0 Å². The molecular weight excluding hydrogens is 288 g/mol. The van der Waals surface area contributed by atoms with Gasteiger partial charge in [-0.2, -0.15) is 0 Å². The predicted octanol–water partition coefficient (Wildman–Crippen LogP) is 6.88. The Hall–Kier alpha value is -2.34. The van der Waals surface area contributed by atoms with Crippen molar-refractivity contribution in [2.24, 2.45) is 0 Å². The number of aryl methyl sites for hydroxylation is 3. The van der Waals surface area contributed by atoms with Crippen molar-refractivity contribution in [1.82, 2.24) is 0 Å². The maximum atomic E-state index is 2.20. The molecule has 0 unspecified atom stereocenters. The van der Waals surface area contributed by atoms with E-state index in [0.717, 1.165) is 6.42 Å². The van der Waals surface area contributed by atoms with Crippen LogP contribution in [0.25, 0.3) is 0 Å². The van der Waals surface area contributed by atoms with Gasteiger partial charge in [0, 0.05) is 0 Å². The van der Waals surface area contributed by atoms with Crippen LogP contribution >= 0.6 is 0 Å². The van der Waals surface area contributed by atoms with Crippen molar-refractivity contribution >= 4 is 0 Å². The van der Waals surface area contributed by atoms with Gasteiger partial charge in [0.2, 0.25) is 0 Å². The van der Waals surface area contributed by atoms with Crippen LogP contribution in [0.2, 0.25) is 0 Å². The van der Waals surface area contributed by atoms with Crippen molar-refractivity contribution in [1.29, 1.82) is 0 Å². The summed E-state index contributed by atoms with van der Waals surface area (Å²) in [6.07, 6.45) is 3.59. The largest absolute Gasteiger partial charge is 0.0651 e. The van der Waals surface area contributed by atoms with E-state index in [1.165, 1.54) is 29.5 Å². The van der Waals surface area contributed by atoms with Crippen LogP contribution < -0.4 is 0 Å². The van der Waals surface area contributed by atoms with Gasteiger partial charge in [-0.05, 0) is 30.9 Å². The van der Waals surface area contributed by atoms with Gasteiger partial charge in [-0.1, -0.05) is 117 Å². The average molecular weight is 319 g/mol. The molecule has 24 heavy (non-hydrogen) atoms. The Kier molecular flexibility index (Phi) is 10.8. The molecule has 0 fully saturated rings. The molecule has 0 radical (unpaired) electrons. The molecule has 0 saturated heterocycles. The van der Waals surface area contributed by atoms with E-state index in [1.54, 1.807) is 0 Å². The Morgan fingerprint density at radius 2 is 0.958 bits per heavy atom.